The summed E-state index contributed by atoms with van der Waals surface area (Å²) in [5.74, 6) is 0. The Labute approximate surface area is 101 Å². The SMILES string of the molecule is CCC(C)(O)CNCc1csc(COC)n1. The van der Waals surface area contributed by atoms with Crippen molar-refractivity contribution < 1.29 is 9.84 Å². The fourth-order valence-electron chi connectivity index (χ4n) is 1.20. The second kappa shape index (κ2) is 6.30. The molecule has 0 fully saturated rings. The van der Waals surface area contributed by atoms with Crippen molar-refractivity contribution in [1.82, 2.24) is 10.3 Å². The molecule has 0 radical (unpaired) electrons. The normalized spacial score (nSPS) is 15.0. The lowest BCUT2D eigenvalue weighted by atomic mass is 10.0. The van der Waals surface area contributed by atoms with Gasteiger partial charge >= 0.3 is 0 Å². The van der Waals surface area contributed by atoms with E-state index >= 15 is 0 Å². The number of hydrogen-bond acceptors (Lipinski definition) is 5. The minimum atomic E-state index is -0.634. The Balaban J connectivity index is 2.31. The molecule has 1 unspecified atom stereocenters. The molecule has 0 amide bonds. The van der Waals surface area contributed by atoms with Crippen LogP contribution in [0.4, 0.5) is 0 Å². The molecule has 0 bridgehead atoms. The number of hydrogen-bond donors (Lipinski definition) is 2. The molecule has 0 saturated heterocycles. The maximum absolute atomic E-state index is 9.79. The first-order valence-electron chi connectivity index (χ1n) is 5.42. The van der Waals surface area contributed by atoms with E-state index in [9.17, 15) is 5.11 Å². The summed E-state index contributed by atoms with van der Waals surface area (Å²) >= 11 is 1.60. The zero-order chi connectivity index (χ0) is 12.0. The average molecular weight is 244 g/mol. The summed E-state index contributed by atoms with van der Waals surface area (Å²) in [5.41, 5.74) is 0.370. The van der Waals surface area contributed by atoms with Crippen LogP contribution in [0.2, 0.25) is 0 Å². The standard InChI is InChI=1S/C11H20N2O2S/c1-4-11(2,14)8-12-5-9-7-16-10(13-9)6-15-3/h7,12,14H,4-6,8H2,1-3H3. The van der Waals surface area contributed by atoms with E-state index < -0.39 is 5.60 Å². The summed E-state index contributed by atoms with van der Waals surface area (Å²) < 4.78 is 5.00. The van der Waals surface area contributed by atoms with Gasteiger partial charge in [-0.1, -0.05) is 6.92 Å². The number of aromatic nitrogens is 1. The third-order valence-electron chi connectivity index (χ3n) is 2.44. The Morgan fingerprint density at radius 3 is 3.00 bits per heavy atom. The van der Waals surface area contributed by atoms with Crippen molar-refractivity contribution in [2.24, 2.45) is 0 Å². The van der Waals surface area contributed by atoms with E-state index in [1.807, 2.05) is 19.2 Å². The van der Waals surface area contributed by atoms with Crippen molar-refractivity contribution in [2.45, 2.75) is 39.0 Å². The highest BCUT2D eigenvalue weighted by Gasteiger charge is 2.16. The van der Waals surface area contributed by atoms with Crippen LogP contribution in [0.15, 0.2) is 5.38 Å². The second-order valence-corrected chi connectivity index (χ2v) is 5.06. The maximum atomic E-state index is 9.79. The molecule has 1 aromatic heterocycles. The van der Waals surface area contributed by atoms with Crippen molar-refractivity contribution in [1.29, 1.82) is 0 Å². The summed E-state index contributed by atoms with van der Waals surface area (Å²) in [4.78, 5) is 4.39. The van der Waals surface area contributed by atoms with Crippen LogP contribution in [-0.2, 0) is 17.9 Å². The molecule has 0 saturated carbocycles. The molecular formula is C11H20N2O2S. The molecule has 92 valence electrons. The van der Waals surface area contributed by atoms with E-state index in [4.69, 9.17) is 4.74 Å². The predicted molar refractivity (Wildman–Crippen MR) is 65.4 cm³/mol. The van der Waals surface area contributed by atoms with Crippen LogP contribution >= 0.6 is 11.3 Å². The molecule has 0 spiro atoms. The molecule has 0 aliphatic heterocycles. The first-order chi connectivity index (χ1) is 7.57. The van der Waals surface area contributed by atoms with E-state index in [2.05, 4.69) is 10.3 Å². The molecule has 1 rings (SSSR count). The van der Waals surface area contributed by atoms with Crippen molar-refractivity contribution in [3.63, 3.8) is 0 Å². The van der Waals surface area contributed by atoms with E-state index in [0.717, 1.165) is 17.1 Å². The maximum Gasteiger partial charge on any atom is 0.119 e. The molecule has 16 heavy (non-hydrogen) atoms. The molecule has 4 nitrogen and oxygen atoms in total. The summed E-state index contributed by atoms with van der Waals surface area (Å²) in [6.45, 7) is 5.65. The summed E-state index contributed by atoms with van der Waals surface area (Å²) in [5, 5.41) is 16.0. The van der Waals surface area contributed by atoms with Crippen molar-refractivity contribution in [3.05, 3.63) is 16.1 Å². The van der Waals surface area contributed by atoms with Gasteiger partial charge in [-0.25, -0.2) is 4.98 Å². The van der Waals surface area contributed by atoms with E-state index in [-0.39, 0.29) is 0 Å². The van der Waals surface area contributed by atoms with Gasteiger partial charge in [0.15, 0.2) is 0 Å². The molecule has 0 aromatic carbocycles. The fourth-order valence-corrected chi connectivity index (χ4v) is 1.97. The largest absolute Gasteiger partial charge is 0.389 e. The number of ether oxygens (including phenoxy) is 1. The summed E-state index contributed by atoms with van der Waals surface area (Å²) in [7, 11) is 1.66. The van der Waals surface area contributed by atoms with Crippen molar-refractivity contribution in [2.75, 3.05) is 13.7 Å². The molecule has 0 aliphatic rings. The van der Waals surface area contributed by atoms with Gasteiger partial charge in [-0.2, -0.15) is 0 Å². The lowest BCUT2D eigenvalue weighted by molar-refractivity contribution is 0.0555. The molecule has 1 heterocycles. The topological polar surface area (TPSA) is 54.4 Å². The Morgan fingerprint density at radius 1 is 1.62 bits per heavy atom. The zero-order valence-electron chi connectivity index (χ0n) is 10.1. The molecule has 1 aromatic rings. The molecular weight excluding hydrogens is 224 g/mol. The number of aliphatic hydroxyl groups is 1. The Morgan fingerprint density at radius 2 is 2.38 bits per heavy atom. The first kappa shape index (κ1) is 13.6. The van der Waals surface area contributed by atoms with Crippen molar-refractivity contribution in [3.8, 4) is 0 Å². The number of methoxy groups -OCH3 is 1. The highest BCUT2D eigenvalue weighted by molar-refractivity contribution is 7.09. The lowest BCUT2D eigenvalue weighted by Gasteiger charge is -2.21. The number of rotatable bonds is 7. The Bertz CT molecular complexity index is 313. The quantitative estimate of drug-likeness (QED) is 0.764. The summed E-state index contributed by atoms with van der Waals surface area (Å²) in [6.07, 6.45) is 0.742. The smallest absolute Gasteiger partial charge is 0.119 e. The van der Waals surface area contributed by atoms with Gasteiger partial charge in [0.2, 0.25) is 0 Å². The highest BCUT2D eigenvalue weighted by Crippen LogP contribution is 2.11. The van der Waals surface area contributed by atoms with Crippen LogP contribution < -0.4 is 5.32 Å². The number of nitrogens with one attached hydrogen (secondary N) is 1. The minimum absolute atomic E-state index is 0.567. The molecule has 5 heteroatoms. The van der Waals surface area contributed by atoms with Gasteiger partial charge in [-0.15, -0.1) is 11.3 Å². The Hall–Kier alpha value is -0.490. The van der Waals surface area contributed by atoms with Gasteiger partial charge < -0.3 is 15.2 Å². The fraction of sp³-hybridized carbons (Fsp3) is 0.727. The zero-order valence-corrected chi connectivity index (χ0v) is 10.9. The van der Waals surface area contributed by atoms with Gasteiger partial charge in [-0.3, -0.25) is 0 Å². The second-order valence-electron chi connectivity index (χ2n) is 4.12. The van der Waals surface area contributed by atoms with E-state index in [1.54, 1.807) is 18.4 Å². The van der Waals surface area contributed by atoms with Crippen LogP contribution in [0, 0.1) is 0 Å². The van der Waals surface area contributed by atoms with Crippen LogP contribution in [0.1, 0.15) is 31.0 Å². The first-order valence-corrected chi connectivity index (χ1v) is 6.30. The number of nitrogens with zero attached hydrogens (tertiary/aromatic N) is 1. The monoisotopic (exact) mass is 244 g/mol. The van der Waals surface area contributed by atoms with Gasteiger partial charge in [0.25, 0.3) is 0 Å². The van der Waals surface area contributed by atoms with Gasteiger partial charge in [0.1, 0.15) is 5.01 Å². The predicted octanol–water partition coefficient (Wildman–Crippen LogP) is 1.54. The van der Waals surface area contributed by atoms with E-state index in [1.165, 1.54) is 0 Å². The third kappa shape index (κ3) is 4.57. The molecule has 0 aliphatic carbocycles. The summed E-state index contributed by atoms with van der Waals surface area (Å²) in [6, 6.07) is 0. The van der Waals surface area contributed by atoms with Crippen molar-refractivity contribution >= 4 is 11.3 Å². The highest BCUT2D eigenvalue weighted by atomic mass is 32.1. The van der Waals surface area contributed by atoms with Crippen LogP contribution in [0.5, 0.6) is 0 Å². The number of thiazole rings is 1. The van der Waals surface area contributed by atoms with Gasteiger partial charge in [0.05, 0.1) is 17.9 Å². The molecule has 1 atom stereocenters. The van der Waals surface area contributed by atoms with Gasteiger partial charge in [0, 0.05) is 25.6 Å². The minimum Gasteiger partial charge on any atom is -0.389 e. The Kier molecular flexibility index (Phi) is 5.34. The average Bonchev–Trinajstić information content (AvgIpc) is 2.66. The van der Waals surface area contributed by atoms with E-state index in [0.29, 0.717) is 19.7 Å². The third-order valence-corrected chi connectivity index (χ3v) is 3.31. The van der Waals surface area contributed by atoms with Crippen LogP contribution in [0.3, 0.4) is 0 Å². The van der Waals surface area contributed by atoms with Gasteiger partial charge in [-0.05, 0) is 13.3 Å². The lowest BCUT2D eigenvalue weighted by Crippen LogP contribution is -2.36. The van der Waals surface area contributed by atoms with Crippen LogP contribution in [0.25, 0.3) is 0 Å². The van der Waals surface area contributed by atoms with Crippen LogP contribution in [-0.4, -0.2) is 29.3 Å². The molecule has 2 N–H and O–H groups in total.